The number of hydrogen-bond acceptors (Lipinski definition) is 3. The van der Waals surface area contributed by atoms with Gasteiger partial charge in [0.25, 0.3) is 0 Å². The number of nitrogens with one attached hydrogen (secondary N) is 1. The molecule has 1 aliphatic rings. The molecule has 0 saturated carbocycles. The Hall–Kier alpha value is -1.00. The molecule has 1 aliphatic heterocycles. The van der Waals surface area contributed by atoms with Crippen molar-refractivity contribution in [3.8, 4) is 0 Å². The monoisotopic (exact) mass is 306 g/mol. The average Bonchev–Trinajstić information content (AvgIpc) is 2.46. The lowest BCUT2D eigenvalue weighted by Crippen LogP contribution is -2.48. The predicted molar refractivity (Wildman–Crippen MR) is 89.6 cm³/mol. The second-order valence-corrected chi connectivity index (χ2v) is 7.26. The van der Waals surface area contributed by atoms with Gasteiger partial charge in [0.15, 0.2) is 0 Å². The molecule has 116 valence electrons. The molecule has 1 amide bonds. The number of thioether (sulfide) groups is 1. The summed E-state index contributed by atoms with van der Waals surface area (Å²) in [6, 6.07) is 8.31. The molecule has 1 fully saturated rings. The topological polar surface area (TPSA) is 32.3 Å². The Morgan fingerprint density at radius 3 is 2.76 bits per heavy atom. The molecule has 1 heterocycles. The maximum atomic E-state index is 12.6. The lowest BCUT2D eigenvalue weighted by atomic mass is 9.91. The number of benzene rings is 1. The van der Waals surface area contributed by atoms with Crippen LogP contribution in [0.5, 0.6) is 0 Å². The van der Waals surface area contributed by atoms with Gasteiger partial charge >= 0.3 is 0 Å². The lowest BCUT2D eigenvalue weighted by molar-refractivity contribution is -0.128. The number of likely N-dealkylation sites (tertiary alicyclic amines) is 1. The van der Waals surface area contributed by atoms with Crippen LogP contribution in [-0.4, -0.2) is 37.2 Å². The quantitative estimate of drug-likeness (QED) is 0.868. The fraction of sp³-hybridized carbons (Fsp3) is 0.588. The Morgan fingerprint density at radius 1 is 1.38 bits per heavy atom. The van der Waals surface area contributed by atoms with Crippen LogP contribution in [0.2, 0.25) is 0 Å². The second-order valence-electron chi connectivity index (χ2n) is 6.42. The summed E-state index contributed by atoms with van der Waals surface area (Å²) >= 11 is 1.73. The van der Waals surface area contributed by atoms with Gasteiger partial charge in [0.2, 0.25) is 5.91 Å². The van der Waals surface area contributed by atoms with E-state index in [0.29, 0.717) is 0 Å². The van der Waals surface area contributed by atoms with Gasteiger partial charge in [0.05, 0.1) is 11.5 Å². The zero-order valence-corrected chi connectivity index (χ0v) is 14.3. The van der Waals surface area contributed by atoms with E-state index in [1.54, 1.807) is 11.8 Å². The first kappa shape index (κ1) is 16.4. The third kappa shape index (κ3) is 4.01. The zero-order chi connectivity index (χ0) is 15.5. The number of amides is 1. The van der Waals surface area contributed by atoms with Crippen molar-refractivity contribution >= 4 is 17.7 Å². The maximum absolute atomic E-state index is 12.6. The molecule has 1 aromatic rings. The van der Waals surface area contributed by atoms with Crippen LogP contribution < -0.4 is 5.32 Å². The minimum absolute atomic E-state index is 0.115. The molecule has 0 bridgehead atoms. The van der Waals surface area contributed by atoms with Crippen molar-refractivity contribution in [2.45, 2.75) is 37.1 Å². The predicted octanol–water partition coefficient (Wildman–Crippen LogP) is 3.10. The van der Waals surface area contributed by atoms with Crippen LogP contribution in [0.1, 0.15) is 32.3 Å². The summed E-state index contributed by atoms with van der Waals surface area (Å²) in [5.41, 5.74) is 0.849. The highest BCUT2D eigenvalue weighted by molar-refractivity contribution is 7.98. The van der Waals surface area contributed by atoms with Gasteiger partial charge < -0.3 is 10.2 Å². The molecule has 4 heteroatoms. The van der Waals surface area contributed by atoms with E-state index in [-0.39, 0.29) is 17.4 Å². The number of hydrogen-bond donors (Lipinski definition) is 1. The third-order valence-corrected chi connectivity index (χ3v) is 5.01. The molecule has 1 aromatic carbocycles. The minimum Gasteiger partial charge on any atom is -0.347 e. The molecule has 0 unspecified atom stereocenters. The van der Waals surface area contributed by atoms with Crippen molar-refractivity contribution < 1.29 is 4.79 Å². The first-order valence-corrected chi connectivity index (χ1v) is 8.80. The van der Waals surface area contributed by atoms with E-state index in [2.05, 4.69) is 49.5 Å². The fourth-order valence-corrected chi connectivity index (χ4v) is 3.78. The highest BCUT2D eigenvalue weighted by Gasteiger charge is 2.30. The normalized spacial score (nSPS) is 20.3. The molecule has 0 spiro atoms. The van der Waals surface area contributed by atoms with Gasteiger partial charge in [-0.3, -0.25) is 4.79 Å². The lowest BCUT2D eigenvalue weighted by Gasteiger charge is -2.34. The van der Waals surface area contributed by atoms with Gasteiger partial charge in [-0.25, -0.2) is 0 Å². The Morgan fingerprint density at radius 2 is 2.10 bits per heavy atom. The highest BCUT2D eigenvalue weighted by atomic mass is 32.2. The first-order valence-electron chi connectivity index (χ1n) is 7.58. The van der Waals surface area contributed by atoms with E-state index in [1.165, 1.54) is 10.5 Å². The van der Waals surface area contributed by atoms with E-state index in [9.17, 15) is 4.79 Å². The van der Waals surface area contributed by atoms with Gasteiger partial charge in [-0.2, -0.15) is 0 Å². The van der Waals surface area contributed by atoms with Crippen LogP contribution in [-0.2, 0) is 10.3 Å². The standard InChI is InChI=1S/C17H26N2OS/c1-17(2,14-9-5-6-10-15(14)21-4)18-16(20)13-8-7-11-19(3)12-13/h5-6,9-10,13H,7-8,11-12H2,1-4H3,(H,18,20)/t13-/m0/s1. The van der Waals surface area contributed by atoms with E-state index >= 15 is 0 Å². The van der Waals surface area contributed by atoms with Gasteiger partial charge in [-0.15, -0.1) is 11.8 Å². The smallest absolute Gasteiger partial charge is 0.225 e. The van der Waals surface area contributed by atoms with Crippen molar-refractivity contribution in [1.29, 1.82) is 0 Å². The molecule has 0 aromatic heterocycles. The van der Waals surface area contributed by atoms with E-state index in [0.717, 1.165) is 25.9 Å². The van der Waals surface area contributed by atoms with Crippen LogP contribution >= 0.6 is 11.8 Å². The second kappa shape index (κ2) is 6.84. The number of carbonyl (C=O) groups excluding carboxylic acids is 1. The summed E-state index contributed by atoms with van der Waals surface area (Å²) in [6.45, 7) is 6.15. The van der Waals surface area contributed by atoms with E-state index < -0.39 is 0 Å². The number of rotatable bonds is 4. The Labute approximate surface area is 132 Å². The van der Waals surface area contributed by atoms with Crippen LogP contribution in [0, 0.1) is 5.92 Å². The summed E-state index contributed by atoms with van der Waals surface area (Å²) in [5, 5.41) is 3.26. The summed E-state index contributed by atoms with van der Waals surface area (Å²) in [7, 11) is 2.09. The number of carbonyl (C=O) groups is 1. The highest BCUT2D eigenvalue weighted by Crippen LogP contribution is 2.30. The first-order chi connectivity index (χ1) is 9.94. The van der Waals surface area contributed by atoms with E-state index in [4.69, 9.17) is 0 Å². The van der Waals surface area contributed by atoms with Gasteiger partial charge in [0.1, 0.15) is 0 Å². The average molecular weight is 306 g/mol. The Balaban J connectivity index is 2.11. The van der Waals surface area contributed by atoms with Crippen molar-refractivity contribution in [2.24, 2.45) is 5.92 Å². The summed E-state index contributed by atoms with van der Waals surface area (Å²) in [4.78, 5) is 16.1. The zero-order valence-electron chi connectivity index (χ0n) is 13.5. The molecular formula is C17H26N2OS. The molecule has 0 aliphatic carbocycles. The van der Waals surface area contributed by atoms with Crippen LogP contribution in [0.3, 0.4) is 0 Å². The van der Waals surface area contributed by atoms with Crippen molar-refractivity contribution in [3.63, 3.8) is 0 Å². The molecule has 1 N–H and O–H groups in total. The number of piperidine rings is 1. The van der Waals surface area contributed by atoms with Crippen LogP contribution in [0.25, 0.3) is 0 Å². The summed E-state index contributed by atoms with van der Waals surface area (Å²) < 4.78 is 0. The summed E-state index contributed by atoms with van der Waals surface area (Å²) in [5.74, 6) is 0.298. The Bertz CT molecular complexity index is 501. The molecular weight excluding hydrogens is 280 g/mol. The third-order valence-electron chi connectivity index (χ3n) is 4.21. The molecule has 1 saturated heterocycles. The molecule has 21 heavy (non-hydrogen) atoms. The van der Waals surface area contributed by atoms with E-state index in [1.807, 2.05) is 12.1 Å². The summed E-state index contributed by atoms with van der Waals surface area (Å²) in [6.07, 6.45) is 4.18. The minimum atomic E-state index is -0.341. The van der Waals surface area contributed by atoms with Crippen LogP contribution in [0.4, 0.5) is 0 Å². The molecule has 0 radical (unpaired) electrons. The Kier molecular flexibility index (Phi) is 5.33. The molecule has 3 nitrogen and oxygen atoms in total. The van der Waals surface area contributed by atoms with Crippen molar-refractivity contribution in [3.05, 3.63) is 29.8 Å². The maximum Gasteiger partial charge on any atom is 0.225 e. The van der Waals surface area contributed by atoms with Gasteiger partial charge in [-0.05, 0) is 58.2 Å². The van der Waals surface area contributed by atoms with Crippen molar-refractivity contribution in [2.75, 3.05) is 26.4 Å². The largest absolute Gasteiger partial charge is 0.347 e. The SMILES string of the molecule is CSc1ccccc1C(C)(C)NC(=O)[C@H]1CCCN(C)C1. The fourth-order valence-electron chi connectivity index (χ4n) is 3.02. The molecule has 2 rings (SSSR count). The van der Waals surface area contributed by atoms with Gasteiger partial charge in [0, 0.05) is 11.4 Å². The van der Waals surface area contributed by atoms with Gasteiger partial charge in [-0.1, -0.05) is 18.2 Å². The number of nitrogens with zero attached hydrogens (tertiary/aromatic N) is 1. The molecule has 1 atom stereocenters. The van der Waals surface area contributed by atoms with Crippen molar-refractivity contribution in [1.82, 2.24) is 10.2 Å². The van der Waals surface area contributed by atoms with Crippen LogP contribution in [0.15, 0.2) is 29.2 Å².